The predicted octanol–water partition coefficient (Wildman–Crippen LogP) is 2.26. The number of halogens is 1. The lowest BCUT2D eigenvalue weighted by molar-refractivity contribution is -0.141. The molecule has 20 heavy (non-hydrogen) atoms. The third kappa shape index (κ3) is 3.50. The first-order valence-electron chi connectivity index (χ1n) is 6.30. The van der Waals surface area contributed by atoms with Crippen LogP contribution in [0.1, 0.15) is 25.7 Å². The quantitative estimate of drug-likeness (QED) is 0.843. The topological polar surface area (TPSA) is 83.5 Å². The van der Waals surface area contributed by atoms with Gasteiger partial charge >= 0.3 is 5.97 Å². The Labute approximate surface area is 123 Å². The van der Waals surface area contributed by atoms with E-state index in [4.69, 9.17) is 16.7 Å². The van der Waals surface area contributed by atoms with Gasteiger partial charge in [-0.15, -0.1) is 0 Å². The van der Waals surface area contributed by atoms with E-state index in [9.17, 15) is 13.2 Å². The molecule has 1 aliphatic rings. The predicted molar refractivity (Wildman–Crippen MR) is 75.2 cm³/mol. The number of carboxylic acids is 1. The maximum atomic E-state index is 12.1. The molecule has 0 radical (unpaired) electrons. The molecule has 0 aromatic heterocycles. The number of carbonyl (C=O) groups is 1. The third-order valence-electron chi connectivity index (χ3n) is 3.70. The largest absolute Gasteiger partial charge is 0.481 e. The number of nitrogens with one attached hydrogen (secondary N) is 1. The minimum atomic E-state index is -3.62. The molecule has 0 saturated heterocycles. The second kappa shape index (κ2) is 5.71. The van der Waals surface area contributed by atoms with Crippen molar-refractivity contribution in [3.05, 3.63) is 29.3 Å². The van der Waals surface area contributed by atoms with E-state index in [-0.39, 0.29) is 17.9 Å². The third-order valence-corrected chi connectivity index (χ3v) is 5.37. The molecular weight excluding hydrogens is 302 g/mol. The first-order valence-corrected chi connectivity index (χ1v) is 8.16. The van der Waals surface area contributed by atoms with Crippen molar-refractivity contribution >= 4 is 27.6 Å². The summed E-state index contributed by atoms with van der Waals surface area (Å²) in [5, 5.41) is 9.36. The van der Waals surface area contributed by atoms with Crippen LogP contribution in [0.3, 0.4) is 0 Å². The van der Waals surface area contributed by atoms with Crippen molar-refractivity contribution in [1.82, 2.24) is 4.72 Å². The van der Waals surface area contributed by atoms with Crippen LogP contribution in [0.25, 0.3) is 0 Å². The standard InChI is InChI=1S/C13H16ClNO4S/c14-10-2-4-11(5-3-10)20(18,19)15-9-13(6-1-7-13)8-12(16)17/h2-5,15H,1,6-9H2,(H,16,17). The molecule has 0 atom stereocenters. The maximum Gasteiger partial charge on any atom is 0.303 e. The minimum absolute atomic E-state index is 0.00383. The summed E-state index contributed by atoms with van der Waals surface area (Å²) in [6.07, 6.45) is 2.41. The molecule has 2 rings (SSSR count). The summed E-state index contributed by atoms with van der Waals surface area (Å²) in [5.74, 6) is -0.893. The van der Waals surface area contributed by atoms with E-state index in [1.165, 1.54) is 24.3 Å². The number of sulfonamides is 1. The zero-order valence-electron chi connectivity index (χ0n) is 10.8. The monoisotopic (exact) mass is 317 g/mol. The molecule has 0 unspecified atom stereocenters. The SMILES string of the molecule is O=C(O)CC1(CNS(=O)(=O)c2ccc(Cl)cc2)CCC1. The lowest BCUT2D eigenvalue weighted by atomic mass is 9.67. The van der Waals surface area contributed by atoms with E-state index in [0.717, 1.165) is 19.3 Å². The maximum absolute atomic E-state index is 12.1. The summed E-state index contributed by atoms with van der Waals surface area (Å²) in [7, 11) is -3.62. The summed E-state index contributed by atoms with van der Waals surface area (Å²) >= 11 is 5.72. The van der Waals surface area contributed by atoms with Crippen LogP contribution in [0.15, 0.2) is 29.2 Å². The molecule has 0 aliphatic heterocycles. The van der Waals surface area contributed by atoms with E-state index in [0.29, 0.717) is 5.02 Å². The van der Waals surface area contributed by atoms with Crippen LogP contribution in [-0.2, 0) is 14.8 Å². The average molecular weight is 318 g/mol. The van der Waals surface area contributed by atoms with Gasteiger partial charge in [-0.3, -0.25) is 4.79 Å². The van der Waals surface area contributed by atoms with Gasteiger partial charge in [-0.25, -0.2) is 13.1 Å². The van der Waals surface area contributed by atoms with Gasteiger partial charge in [0.2, 0.25) is 10.0 Å². The number of rotatable bonds is 6. The van der Waals surface area contributed by atoms with E-state index >= 15 is 0 Å². The van der Waals surface area contributed by atoms with Crippen molar-refractivity contribution in [3.8, 4) is 0 Å². The fourth-order valence-electron chi connectivity index (χ4n) is 2.36. The molecule has 1 aliphatic carbocycles. The number of carboxylic acid groups (broad SMARTS) is 1. The van der Waals surface area contributed by atoms with Crippen molar-refractivity contribution in [2.45, 2.75) is 30.6 Å². The highest BCUT2D eigenvalue weighted by molar-refractivity contribution is 7.89. The van der Waals surface area contributed by atoms with Gasteiger partial charge < -0.3 is 5.11 Å². The van der Waals surface area contributed by atoms with Crippen LogP contribution in [0, 0.1) is 5.41 Å². The number of aliphatic carboxylic acids is 1. The number of hydrogen-bond acceptors (Lipinski definition) is 3. The fourth-order valence-corrected chi connectivity index (χ4v) is 3.64. The normalized spacial score (nSPS) is 17.4. The van der Waals surface area contributed by atoms with E-state index < -0.39 is 21.4 Å². The van der Waals surface area contributed by atoms with Crippen LogP contribution >= 0.6 is 11.6 Å². The zero-order chi connectivity index (χ0) is 14.8. The Hall–Kier alpha value is -1.11. The van der Waals surface area contributed by atoms with Crippen molar-refractivity contribution < 1.29 is 18.3 Å². The Kier molecular flexibility index (Phi) is 4.36. The van der Waals surface area contributed by atoms with Crippen LogP contribution in [0.2, 0.25) is 5.02 Å². The van der Waals surface area contributed by atoms with E-state index in [2.05, 4.69) is 4.72 Å². The second-order valence-corrected chi connectivity index (χ2v) is 7.41. The molecule has 0 heterocycles. The van der Waals surface area contributed by atoms with Gasteiger partial charge in [0.15, 0.2) is 0 Å². The first-order chi connectivity index (χ1) is 9.33. The average Bonchev–Trinajstić information content (AvgIpc) is 2.32. The van der Waals surface area contributed by atoms with Gasteiger partial charge in [0.05, 0.1) is 11.3 Å². The van der Waals surface area contributed by atoms with Crippen molar-refractivity contribution in [3.63, 3.8) is 0 Å². The first kappa shape index (κ1) is 15.3. The molecule has 0 bridgehead atoms. The van der Waals surface area contributed by atoms with Gasteiger partial charge in [-0.1, -0.05) is 18.0 Å². The Bertz CT molecular complexity index is 593. The minimum Gasteiger partial charge on any atom is -0.481 e. The summed E-state index contributed by atoms with van der Waals surface area (Å²) < 4.78 is 26.7. The summed E-state index contributed by atoms with van der Waals surface area (Å²) in [4.78, 5) is 11.0. The van der Waals surface area contributed by atoms with Crippen molar-refractivity contribution in [1.29, 1.82) is 0 Å². The van der Waals surface area contributed by atoms with Gasteiger partial charge in [-0.05, 0) is 42.5 Å². The molecule has 0 spiro atoms. The van der Waals surface area contributed by atoms with Crippen LogP contribution in [0.4, 0.5) is 0 Å². The van der Waals surface area contributed by atoms with E-state index in [1.807, 2.05) is 0 Å². The van der Waals surface area contributed by atoms with Gasteiger partial charge in [0.1, 0.15) is 0 Å². The highest BCUT2D eigenvalue weighted by Crippen LogP contribution is 2.43. The van der Waals surface area contributed by atoms with Crippen LogP contribution in [0.5, 0.6) is 0 Å². The summed E-state index contributed by atoms with van der Waals surface area (Å²) in [5.41, 5.74) is -0.439. The second-order valence-electron chi connectivity index (χ2n) is 5.20. The molecular formula is C13H16ClNO4S. The summed E-state index contributed by atoms with van der Waals surface area (Å²) in [6, 6.07) is 5.86. The number of benzene rings is 1. The fraction of sp³-hybridized carbons (Fsp3) is 0.462. The Morgan fingerprint density at radius 2 is 1.90 bits per heavy atom. The Balaban J connectivity index is 2.05. The molecule has 2 N–H and O–H groups in total. The van der Waals surface area contributed by atoms with Gasteiger partial charge in [0.25, 0.3) is 0 Å². The Morgan fingerprint density at radius 1 is 1.30 bits per heavy atom. The van der Waals surface area contributed by atoms with Crippen molar-refractivity contribution in [2.75, 3.05) is 6.54 Å². The lowest BCUT2D eigenvalue weighted by Gasteiger charge is -2.40. The van der Waals surface area contributed by atoms with Gasteiger partial charge in [-0.2, -0.15) is 0 Å². The smallest absolute Gasteiger partial charge is 0.303 e. The number of hydrogen-bond donors (Lipinski definition) is 2. The van der Waals surface area contributed by atoms with Crippen LogP contribution < -0.4 is 4.72 Å². The van der Waals surface area contributed by atoms with Crippen LogP contribution in [-0.4, -0.2) is 26.0 Å². The molecule has 7 heteroatoms. The highest BCUT2D eigenvalue weighted by atomic mass is 35.5. The molecule has 5 nitrogen and oxygen atoms in total. The molecule has 1 aromatic rings. The van der Waals surface area contributed by atoms with E-state index in [1.54, 1.807) is 0 Å². The van der Waals surface area contributed by atoms with Gasteiger partial charge in [0, 0.05) is 11.6 Å². The molecule has 110 valence electrons. The Morgan fingerprint density at radius 3 is 2.35 bits per heavy atom. The molecule has 1 fully saturated rings. The zero-order valence-corrected chi connectivity index (χ0v) is 12.4. The summed E-state index contributed by atoms with van der Waals surface area (Å²) in [6.45, 7) is 0.157. The lowest BCUT2D eigenvalue weighted by Crippen LogP contribution is -2.43. The molecule has 1 aromatic carbocycles. The molecule has 0 amide bonds. The molecule has 1 saturated carbocycles. The highest BCUT2D eigenvalue weighted by Gasteiger charge is 2.39. The van der Waals surface area contributed by atoms with Crippen molar-refractivity contribution in [2.24, 2.45) is 5.41 Å².